The molecule has 1 heterocycles. The Balaban J connectivity index is 2.29. The summed E-state index contributed by atoms with van der Waals surface area (Å²) >= 11 is 0. The van der Waals surface area contributed by atoms with Gasteiger partial charge in [0.1, 0.15) is 6.33 Å². The van der Waals surface area contributed by atoms with Crippen LogP contribution in [0.1, 0.15) is 16.8 Å². The first-order chi connectivity index (χ1) is 9.38. The molecular formula is C13H16N4O2S. The summed E-state index contributed by atoms with van der Waals surface area (Å²) in [5.41, 5.74) is 3.39. The van der Waals surface area contributed by atoms with E-state index in [9.17, 15) is 8.42 Å². The lowest BCUT2D eigenvalue weighted by molar-refractivity contribution is 0.597. The first kappa shape index (κ1) is 14.4. The number of hydrogen-bond acceptors (Lipinski definition) is 5. The largest absolute Gasteiger partial charge is 0.379 e. The molecule has 0 amide bonds. The average molecular weight is 292 g/mol. The lowest BCUT2D eigenvalue weighted by atomic mass is 10.1. The van der Waals surface area contributed by atoms with Gasteiger partial charge in [0.25, 0.3) is 0 Å². The highest BCUT2D eigenvalue weighted by atomic mass is 32.2. The molecule has 6 nitrogen and oxygen atoms in total. The highest BCUT2D eigenvalue weighted by molar-refractivity contribution is 7.89. The van der Waals surface area contributed by atoms with Crippen molar-refractivity contribution in [2.45, 2.75) is 25.3 Å². The molecule has 1 aromatic carbocycles. The third-order valence-electron chi connectivity index (χ3n) is 3.07. The average Bonchev–Trinajstić information content (AvgIpc) is 2.40. The molecule has 1 aromatic heterocycles. The molecule has 20 heavy (non-hydrogen) atoms. The summed E-state index contributed by atoms with van der Waals surface area (Å²) < 4.78 is 22.9. The van der Waals surface area contributed by atoms with Crippen molar-refractivity contribution in [2.75, 3.05) is 5.32 Å². The van der Waals surface area contributed by atoms with Crippen LogP contribution in [-0.2, 0) is 16.6 Å². The van der Waals surface area contributed by atoms with Crippen molar-refractivity contribution in [3.05, 3.63) is 47.5 Å². The summed E-state index contributed by atoms with van der Waals surface area (Å²) in [7, 11) is -3.71. The Kier molecular flexibility index (Phi) is 4.01. The van der Waals surface area contributed by atoms with E-state index < -0.39 is 10.0 Å². The smallest absolute Gasteiger partial charge is 0.238 e. The van der Waals surface area contributed by atoms with E-state index in [-0.39, 0.29) is 4.90 Å². The molecule has 0 aliphatic rings. The molecule has 0 aliphatic heterocycles. The van der Waals surface area contributed by atoms with Gasteiger partial charge in [0, 0.05) is 11.9 Å². The van der Waals surface area contributed by atoms with Crippen molar-refractivity contribution >= 4 is 15.7 Å². The molecule has 0 aliphatic carbocycles. The van der Waals surface area contributed by atoms with E-state index in [1.54, 1.807) is 24.4 Å². The maximum absolute atomic E-state index is 11.5. The first-order valence-electron chi connectivity index (χ1n) is 6.01. The van der Waals surface area contributed by atoms with Crippen molar-refractivity contribution in [1.29, 1.82) is 0 Å². The van der Waals surface area contributed by atoms with Crippen LogP contribution in [0.2, 0.25) is 0 Å². The van der Waals surface area contributed by atoms with Gasteiger partial charge >= 0.3 is 0 Å². The second-order valence-electron chi connectivity index (χ2n) is 4.51. The summed E-state index contributed by atoms with van der Waals surface area (Å²) in [5.74, 6) is 0. The van der Waals surface area contributed by atoms with E-state index in [1.165, 1.54) is 6.33 Å². The number of nitrogens with zero attached hydrogens (tertiary/aromatic N) is 2. The van der Waals surface area contributed by atoms with E-state index in [4.69, 9.17) is 5.14 Å². The van der Waals surface area contributed by atoms with E-state index in [2.05, 4.69) is 15.3 Å². The Morgan fingerprint density at radius 2 is 2.05 bits per heavy atom. The zero-order valence-corrected chi connectivity index (χ0v) is 12.1. The Morgan fingerprint density at radius 3 is 2.65 bits per heavy atom. The van der Waals surface area contributed by atoms with Crippen LogP contribution in [0.15, 0.2) is 35.6 Å². The molecule has 0 unspecified atom stereocenters. The van der Waals surface area contributed by atoms with Crippen molar-refractivity contribution < 1.29 is 8.42 Å². The zero-order valence-electron chi connectivity index (χ0n) is 11.3. The van der Waals surface area contributed by atoms with Gasteiger partial charge in [0.05, 0.1) is 17.1 Å². The fourth-order valence-electron chi connectivity index (χ4n) is 1.78. The molecular weight excluding hydrogens is 276 g/mol. The standard InChI is InChI=1S/C13H16N4O2S/c1-9-5-12(20(14,18)19)6-13(10(9)2)16-7-11-3-4-15-8-17-11/h3-6,8,16H,7H2,1-2H3,(H2,14,18,19). The zero-order chi connectivity index (χ0) is 14.8. The molecule has 106 valence electrons. The number of hydrogen-bond donors (Lipinski definition) is 2. The number of benzene rings is 1. The van der Waals surface area contributed by atoms with Gasteiger partial charge in [-0.2, -0.15) is 0 Å². The van der Waals surface area contributed by atoms with Crippen LogP contribution in [0.4, 0.5) is 5.69 Å². The number of aryl methyl sites for hydroxylation is 1. The number of nitrogens with two attached hydrogens (primary N) is 1. The Bertz CT molecular complexity index is 715. The fourth-order valence-corrected chi connectivity index (χ4v) is 2.41. The summed E-state index contributed by atoms with van der Waals surface area (Å²) in [6, 6.07) is 4.90. The quantitative estimate of drug-likeness (QED) is 0.886. The summed E-state index contributed by atoms with van der Waals surface area (Å²) in [5, 5.41) is 8.35. The van der Waals surface area contributed by atoms with E-state index >= 15 is 0 Å². The predicted octanol–water partition coefficient (Wildman–Crippen LogP) is 1.35. The summed E-state index contributed by atoms with van der Waals surface area (Å²) in [6.45, 7) is 4.25. The Morgan fingerprint density at radius 1 is 1.30 bits per heavy atom. The van der Waals surface area contributed by atoms with Crippen LogP contribution < -0.4 is 10.5 Å². The van der Waals surface area contributed by atoms with Crippen LogP contribution in [-0.4, -0.2) is 18.4 Å². The molecule has 0 spiro atoms. The second-order valence-corrected chi connectivity index (χ2v) is 6.07. The third-order valence-corrected chi connectivity index (χ3v) is 3.97. The second kappa shape index (κ2) is 5.56. The maximum Gasteiger partial charge on any atom is 0.238 e. The van der Waals surface area contributed by atoms with Gasteiger partial charge in [-0.05, 0) is 43.2 Å². The SMILES string of the molecule is Cc1cc(S(N)(=O)=O)cc(NCc2ccncn2)c1C. The van der Waals surface area contributed by atoms with Gasteiger partial charge in [-0.3, -0.25) is 0 Å². The van der Waals surface area contributed by atoms with Crippen LogP contribution in [0.3, 0.4) is 0 Å². The van der Waals surface area contributed by atoms with E-state index in [0.29, 0.717) is 6.54 Å². The van der Waals surface area contributed by atoms with E-state index in [0.717, 1.165) is 22.5 Å². The molecule has 0 bridgehead atoms. The minimum absolute atomic E-state index is 0.103. The van der Waals surface area contributed by atoms with Crippen LogP contribution in [0.25, 0.3) is 0 Å². The number of rotatable bonds is 4. The minimum atomic E-state index is -3.71. The highest BCUT2D eigenvalue weighted by Gasteiger charge is 2.12. The molecule has 0 saturated carbocycles. The van der Waals surface area contributed by atoms with Crippen LogP contribution >= 0.6 is 0 Å². The molecule has 0 fully saturated rings. The van der Waals surface area contributed by atoms with Gasteiger partial charge in [-0.1, -0.05) is 0 Å². The molecule has 2 aromatic rings. The molecule has 7 heteroatoms. The van der Waals surface area contributed by atoms with Gasteiger partial charge in [0.15, 0.2) is 0 Å². The Labute approximate surface area is 118 Å². The third kappa shape index (κ3) is 3.31. The number of primary sulfonamides is 1. The maximum atomic E-state index is 11.5. The van der Waals surface area contributed by atoms with Crippen LogP contribution in [0.5, 0.6) is 0 Å². The van der Waals surface area contributed by atoms with Gasteiger partial charge < -0.3 is 5.32 Å². The number of aromatic nitrogens is 2. The summed E-state index contributed by atoms with van der Waals surface area (Å²) in [6.07, 6.45) is 3.12. The lowest BCUT2D eigenvalue weighted by Crippen LogP contribution is -2.13. The van der Waals surface area contributed by atoms with Crippen molar-refractivity contribution in [3.8, 4) is 0 Å². The molecule has 3 N–H and O–H groups in total. The summed E-state index contributed by atoms with van der Waals surface area (Å²) in [4.78, 5) is 8.05. The van der Waals surface area contributed by atoms with Gasteiger partial charge in [0.2, 0.25) is 10.0 Å². The van der Waals surface area contributed by atoms with Crippen LogP contribution in [0, 0.1) is 13.8 Å². The molecule has 0 saturated heterocycles. The lowest BCUT2D eigenvalue weighted by Gasteiger charge is -2.13. The van der Waals surface area contributed by atoms with Crippen molar-refractivity contribution in [2.24, 2.45) is 5.14 Å². The number of sulfonamides is 1. The monoisotopic (exact) mass is 292 g/mol. The van der Waals surface area contributed by atoms with Crippen molar-refractivity contribution in [3.63, 3.8) is 0 Å². The highest BCUT2D eigenvalue weighted by Crippen LogP contribution is 2.23. The molecule has 0 radical (unpaired) electrons. The molecule has 2 rings (SSSR count). The minimum Gasteiger partial charge on any atom is -0.379 e. The molecule has 0 atom stereocenters. The predicted molar refractivity (Wildman–Crippen MR) is 76.6 cm³/mol. The van der Waals surface area contributed by atoms with Gasteiger partial charge in [-0.15, -0.1) is 0 Å². The first-order valence-corrected chi connectivity index (χ1v) is 7.55. The van der Waals surface area contributed by atoms with Crippen molar-refractivity contribution in [1.82, 2.24) is 9.97 Å². The Hall–Kier alpha value is -1.99. The normalized spacial score (nSPS) is 11.3. The van der Waals surface area contributed by atoms with Gasteiger partial charge in [-0.25, -0.2) is 23.5 Å². The van der Waals surface area contributed by atoms with E-state index in [1.807, 2.05) is 13.8 Å². The fraction of sp³-hybridized carbons (Fsp3) is 0.231. The number of nitrogens with one attached hydrogen (secondary N) is 1. The topological polar surface area (TPSA) is 98.0 Å². The number of anilines is 1.